The Morgan fingerprint density at radius 2 is 0.796 bits per heavy atom. The summed E-state index contributed by atoms with van der Waals surface area (Å²) in [4.78, 5) is 2.45. The number of benzene rings is 9. The van der Waals surface area contributed by atoms with Gasteiger partial charge in [-0.05, 0) is 91.2 Å². The van der Waals surface area contributed by atoms with E-state index in [0.29, 0.717) is 0 Å². The summed E-state index contributed by atoms with van der Waals surface area (Å²) >= 11 is 0. The van der Waals surface area contributed by atoms with Crippen LogP contribution in [-0.4, -0.2) is 0 Å². The van der Waals surface area contributed by atoms with E-state index in [4.69, 9.17) is 0 Å². The number of hydrogen-bond donors (Lipinski definition) is 0. The number of fused-ring (bicyclic) bond motifs is 4. The van der Waals surface area contributed by atoms with Crippen LogP contribution in [0.5, 0.6) is 0 Å². The molecule has 0 aromatic heterocycles. The first kappa shape index (κ1) is 31.7. The van der Waals surface area contributed by atoms with Gasteiger partial charge in [-0.2, -0.15) is 0 Å². The minimum absolute atomic E-state index is 0.477. The van der Waals surface area contributed by atoms with E-state index >= 15 is 0 Å². The highest BCUT2D eigenvalue weighted by Crippen LogP contribution is 2.59. The summed E-state index contributed by atoms with van der Waals surface area (Å²) in [6.45, 7) is 0. The lowest BCUT2D eigenvalue weighted by Gasteiger charge is -2.34. The molecule has 0 N–H and O–H groups in total. The highest BCUT2D eigenvalue weighted by molar-refractivity contribution is 5.99. The average molecular weight is 688 g/mol. The van der Waals surface area contributed by atoms with Gasteiger partial charge in [0, 0.05) is 16.9 Å². The zero-order chi connectivity index (χ0) is 35.9. The molecule has 0 atom stereocenters. The van der Waals surface area contributed by atoms with Gasteiger partial charge < -0.3 is 4.90 Å². The molecule has 0 unspecified atom stereocenters. The SMILES string of the molecule is c1ccc(-c2ccc(-c3ccc(N(c4ccc5ccccc5c4)c4cccc5c4-c4ccccc4C5(c4ccccc4)c4ccccc4)cc3)cc2)cc1. The van der Waals surface area contributed by atoms with Gasteiger partial charge in [0.2, 0.25) is 0 Å². The van der Waals surface area contributed by atoms with Gasteiger partial charge in [0.05, 0.1) is 11.1 Å². The molecule has 0 aliphatic heterocycles. The maximum atomic E-state index is 2.45. The van der Waals surface area contributed by atoms with E-state index in [1.807, 2.05) is 0 Å². The van der Waals surface area contributed by atoms with Crippen molar-refractivity contribution in [2.75, 3.05) is 4.90 Å². The maximum Gasteiger partial charge on any atom is 0.0714 e. The highest BCUT2D eigenvalue weighted by Gasteiger charge is 2.47. The molecule has 1 aliphatic rings. The Morgan fingerprint density at radius 3 is 1.44 bits per heavy atom. The third kappa shape index (κ3) is 5.17. The molecule has 0 amide bonds. The molecular formula is C53H37N. The molecule has 1 aliphatic carbocycles. The van der Waals surface area contributed by atoms with Crippen LogP contribution in [-0.2, 0) is 5.41 Å². The van der Waals surface area contributed by atoms with Gasteiger partial charge in [-0.25, -0.2) is 0 Å². The summed E-state index contributed by atoms with van der Waals surface area (Å²) in [5.74, 6) is 0. The lowest BCUT2D eigenvalue weighted by molar-refractivity contribution is 0.768. The van der Waals surface area contributed by atoms with Gasteiger partial charge >= 0.3 is 0 Å². The third-order valence-corrected chi connectivity index (χ3v) is 11.1. The molecule has 0 saturated heterocycles. The maximum absolute atomic E-state index is 2.45. The Hall–Kier alpha value is -6.96. The van der Waals surface area contributed by atoms with Crippen LogP contribution in [0, 0.1) is 0 Å². The van der Waals surface area contributed by atoms with Crippen LogP contribution < -0.4 is 4.90 Å². The van der Waals surface area contributed by atoms with Crippen molar-refractivity contribution in [2.45, 2.75) is 5.41 Å². The van der Waals surface area contributed by atoms with Gasteiger partial charge in [0.1, 0.15) is 0 Å². The van der Waals surface area contributed by atoms with E-state index in [2.05, 4.69) is 229 Å². The minimum atomic E-state index is -0.477. The zero-order valence-electron chi connectivity index (χ0n) is 29.8. The molecule has 0 bridgehead atoms. The first-order chi connectivity index (χ1) is 26.8. The van der Waals surface area contributed by atoms with Crippen molar-refractivity contribution < 1.29 is 0 Å². The van der Waals surface area contributed by atoms with Crippen LogP contribution in [0.15, 0.2) is 224 Å². The molecule has 9 aromatic rings. The molecular weight excluding hydrogens is 651 g/mol. The molecule has 0 radical (unpaired) electrons. The first-order valence-corrected chi connectivity index (χ1v) is 18.7. The smallest absolute Gasteiger partial charge is 0.0714 e. The Balaban J connectivity index is 1.17. The topological polar surface area (TPSA) is 3.24 Å². The largest absolute Gasteiger partial charge is 0.310 e. The fourth-order valence-electron chi connectivity index (χ4n) is 8.69. The number of anilines is 3. The van der Waals surface area contributed by atoms with Crippen LogP contribution in [0.1, 0.15) is 22.3 Å². The van der Waals surface area contributed by atoms with E-state index in [0.717, 1.165) is 17.1 Å². The Bertz CT molecular complexity index is 2690. The second-order valence-electron chi connectivity index (χ2n) is 14.1. The van der Waals surface area contributed by atoms with Crippen LogP contribution >= 0.6 is 0 Å². The van der Waals surface area contributed by atoms with Crippen LogP contribution in [0.25, 0.3) is 44.2 Å². The van der Waals surface area contributed by atoms with Gasteiger partial charge in [0.15, 0.2) is 0 Å². The van der Waals surface area contributed by atoms with Crippen LogP contribution in [0.3, 0.4) is 0 Å². The predicted octanol–water partition coefficient (Wildman–Crippen LogP) is 14.0. The zero-order valence-corrected chi connectivity index (χ0v) is 29.8. The second kappa shape index (κ2) is 13.2. The standard InChI is InChI=1S/C53H37N/c1-4-15-38(16-5-1)40-27-29-41(30-28-40)42-31-34-46(35-32-42)54(47-36-33-39-17-10-11-18-43(39)37-47)51-26-14-25-50-52(51)48-23-12-13-24-49(48)53(50,44-19-6-2-7-20-44)45-21-8-3-9-22-45/h1-37H. The number of hydrogen-bond acceptors (Lipinski definition) is 1. The van der Waals surface area contributed by atoms with E-state index in [-0.39, 0.29) is 0 Å². The summed E-state index contributed by atoms with van der Waals surface area (Å²) in [6.07, 6.45) is 0. The van der Waals surface area contributed by atoms with Crippen LogP contribution in [0.2, 0.25) is 0 Å². The van der Waals surface area contributed by atoms with Crippen molar-refractivity contribution in [3.8, 4) is 33.4 Å². The summed E-state index contributed by atoms with van der Waals surface area (Å²) in [6, 6.07) is 82.0. The van der Waals surface area contributed by atoms with Crippen molar-refractivity contribution in [1.82, 2.24) is 0 Å². The fraction of sp³-hybridized carbons (Fsp3) is 0.0189. The Kier molecular flexibility index (Phi) is 7.78. The molecule has 0 heterocycles. The lowest BCUT2D eigenvalue weighted by Crippen LogP contribution is -2.28. The van der Waals surface area contributed by atoms with Crippen molar-refractivity contribution in [3.63, 3.8) is 0 Å². The number of nitrogens with zero attached hydrogens (tertiary/aromatic N) is 1. The van der Waals surface area contributed by atoms with Gasteiger partial charge in [-0.3, -0.25) is 0 Å². The van der Waals surface area contributed by atoms with E-state index < -0.39 is 5.41 Å². The molecule has 9 aromatic carbocycles. The summed E-state index contributed by atoms with van der Waals surface area (Å²) in [5, 5.41) is 2.44. The third-order valence-electron chi connectivity index (χ3n) is 11.1. The quantitative estimate of drug-likeness (QED) is 0.161. The first-order valence-electron chi connectivity index (χ1n) is 18.7. The molecule has 1 nitrogen and oxygen atoms in total. The van der Waals surface area contributed by atoms with E-state index in [1.54, 1.807) is 0 Å². The van der Waals surface area contributed by atoms with Crippen molar-refractivity contribution in [1.29, 1.82) is 0 Å². The van der Waals surface area contributed by atoms with E-state index in [1.165, 1.54) is 66.4 Å². The molecule has 54 heavy (non-hydrogen) atoms. The fourth-order valence-corrected chi connectivity index (χ4v) is 8.69. The molecule has 0 saturated carbocycles. The second-order valence-corrected chi connectivity index (χ2v) is 14.1. The highest BCUT2D eigenvalue weighted by atomic mass is 15.1. The molecule has 1 heteroatoms. The summed E-state index contributed by atoms with van der Waals surface area (Å²) in [7, 11) is 0. The summed E-state index contributed by atoms with van der Waals surface area (Å²) in [5.41, 5.74) is 15.4. The molecule has 0 fully saturated rings. The lowest BCUT2D eigenvalue weighted by atomic mass is 9.68. The average Bonchev–Trinajstić information content (AvgIpc) is 3.57. The van der Waals surface area contributed by atoms with Crippen molar-refractivity contribution in [3.05, 3.63) is 247 Å². The van der Waals surface area contributed by atoms with Crippen molar-refractivity contribution in [2.24, 2.45) is 0 Å². The minimum Gasteiger partial charge on any atom is -0.310 e. The molecule has 254 valence electrons. The van der Waals surface area contributed by atoms with Crippen molar-refractivity contribution >= 4 is 27.8 Å². The molecule has 10 rings (SSSR count). The van der Waals surface area contributed by atoms with Crippen LogP contribution in [0.4, 0.5) is 17.1 Å². The Labute approximate surface area is 317 Å². The predicted molar refractivity (Wildman–Crippen MR) is 227 cm³/mol. The summed E-state index contributed by atoms with van der Waals surface area (Å²) < 4.78 is 0. The van der Waals surface area contributed by atoms with E-state index in [9.17, 15) is 0 Å². The monoisotopic (exact) mass is 687 g/mol. The number of rotatable bonds is 7. The normalized spacial score (nSPS) is 12.6. The van der Waals surface area contributed by atoms with Gasteiger partial charge in [-0.1, -0.05) is 194 Å². The van der Waals surface area contributed by atoms with Gasteiger partial charge in [-0.15, -0.1) is 0 Å². The van der Waals surface area contributed by atoms with Gasteiger partial charge in [0.25, 0.3) is 0 Å². The molecule has 0 spiro atoms. The Morgan fingerprint density at radius 1 is 0.315 bits per heavy atom.